The number of aryl methyl sites for hydroxylation is 1. The summed E-state index contributed by atoms with van der Waals surface area (Å²) >= 11 is 6.06. The van der Waals surface area contributed by atoms with Gasteiger partial charge in [-0.05, 0) is 55.3 Å². The van der Waals surface area contributed by atoms with E-state index in [1.807, 2.05) is 31.2 Å². The minimum Gasteiger partial charge on any atom is -0.479 e. The van der Waals surface area contributed by atoms with E-state index >= 15 is 0 Å². The minimum atomic E-state index is -1.36. The van der Waals surface area contributed by atoms with Crippen molar-refractivity contribution < 1.29 is 14.7 Å². The van der Waals surface area contributed by atoms with Crippen molar-refractivity contribution in [1.29, 1.82) is 0 Å². The molecule has 1 unspecified atom stereocenters. The van der Waals surface area contributed by atoms with Gasteiger partial charge in [0.2, 0.25) is 0 Å². The van der Waals surface area contributed by atoms with Crippen molar-refractivity contribution in [1.82, 2.24) is 5.32 Å². The van der Waals surface area contributed by atoms with Crippen LogP contribution >= 0.6 is 11.6 Å². The van der Waals surface area contributed by atoms with E-state index in [4.69, 9.17) is 11.6 Å². The zero-order chi connectivity index (χ0) is 21.4. The lowest BCUT2D eigenvalue weighted by Gasteiger charge is -2.11. The number of nitrogens with one attached hydrogen (secondary N) is 2. The predicted molar refractivity (Wildman–Crippen MR) is 117 cm³/mol. The van der Waals surface area contributed by atoms with Crippen LogP contribution in [0.5, 0.6) is 0 Å². The number of rotatable bonds is 6. The van der Waals surface area contributed by atoms with Crippen molar-refractivity contribution in [2.45, 2.75) is 19.9 Å². The molecule has 0 fully saturated rings. The Hall–Kier alpha value is -3.49. The van der Waals surface area contributed by atoms with Crippen LogP contribution in [0.25, 0.3) is 6.08 Å². The van der Waals surface area contributed by atoms with Crippen LogP contribution in [0.3, 0.4) is 0 Å². The first kappa shape index (κ1) is 21.8. The Kier molecular flexibility index (Phi) is 7.64. The van der Waals surface area contributed by atoms with Gasteiger partial charge in [-0.25, -0.2) is 4.79 Å². The number of amides is 1. The summed E-state index contributed by atoms with van der Waals surface area (Å²) in [5.41, 5.74) is 3.55. The van der Waals surface area contributed by atoms with Crippen molar-refractivity contribution in [3.05, 3.63) is 82.5 Å². The van der Waals surface area contributed by atoms with Gasteiger partial charge in [0.15, 0.2) is 6.04 Å². The number of hydrogen-bond donors (Lipinski definition) is 3. The molecule has 29 heavy (non-hydrogen) atoms. The lowest BCUT2D eigenvalue weighted by Crippen LogP contribution is -2.40. The lowest BCUT2D eigenvalue weighted by molar-refractivity contribution is -0.137. The highest BCUT2D eigenvalue weighted by molar-refractivity contribution is 6.34. The normalized spacial score (nSPS) is 11.3. The van der Waals surface area contributed by atoms with E-state index in [1.54, 1.807) is 31.2 Å². The number of hydrogen-bond acceptors (Lipinski definition) is 3. The molecule has 5 nitrogen and oxygen atoms in total. The third kappa shape index (κ3) is 6.56. The first-order valence-electron chi connectivity index (χ1n) is 8.77. The van der Waals surface area contributed by atoms with E-state index in [-0.39, 0.29) is 10.6 Å². The van der Waals surface area contributed by atoms with Crippen molar-refractivity contribution in [2.24, 2.45) is 0 Å². The molecule has 3 N–H and O–H groups in total. The molecule has 1 amide bonds. The van der Waals surface area contributed by atoms with Crippen LogP contribution in [-0.4, -0.2) is 23.0 Å². The highest BCUT2D eigenvalue weighted by Crippen LogP contribution is 2.19. The average Bonchev–Trinajstić information content (AvgIpc) is 2.64. The molecule has 0 aromatic heterocycles. The van der Waals surface area contributed by atoms with E-state index in [0.717, 1.165) is 16.9 Å². The summed E-state index contributed by atoms with van der Waals surface area (Å²) < 4.78 is 0. The Bertz CT molecular complexity index is 994. The zero-order valence-electron chi connectivity index (χ0n) is 16.1. The van der Waals surface area contributed by atoms with Gasteiger partial charge in [0.1, 0.15) is 0 Å². The first-order chi connectivity index (χ1) is 13.8. The molecule has 0 bridgehead atoms. The van der Waals surface area contributed by atoms with Crippen LogP contribution in [0, 0.1) is 18.8 Å². The Labute approximate surface area is 175 Å². The van der Waals surface area contributed by atoms with Crippen LogP contribution in [-0.2, 0) is 4.79 Å². The maximum Gasteiger partial charge on any atom is 0.338 e. The number of anilines is 1. The molecule has 0 saturated carbocycles. The summed E-state index contributed by atoms with van der Waals surface area (Å²) in [6.07, 6.45) is 3.28. The van der Waals surface area contributed by atoms with E-state index in [1.165, 1.54) is 6.08 Å². The first-order valence-corrected chi connectivity index (χ1v) is 9.14. The molecule has 0 heterocycles. The monoisotopic (exact) mass is 408 g/mol. The van der Waals surface area contributed by atoms with Crippen LogP contribution < -0.4 is 10.6 Å². The molecule has 0 spiro atoms. The largest absolute Gasteiger partial charge is 0.479 e. The Morgan fingerprint density at radius 3 is 2.48 bits per heavy atom. The van der Waals surface area contributed by atoms with Gasteiger partial charge in [0.25, 0.3) is 5.91 Å². The molecule has 1 atom stereocenters. The van der Waals surface area contributed by atoms with Gasteiger partial charge in [-0.15, -0.1) is 0 Å². The van der Waals surface area contributed by atoms with Crippen LogP contribution in [0.4, 0.5) is 5.69 Å². The number of carboxylic acids is 1. The van der Waals surface area contributed by atoms with Gasteiger partial charge in [0.05, 0.1) is 10.6 Å². The number of halogens is 1. The van der Waals surface area contributed by atoms with Crippen LogP contribution in [0.1, 0.15) is 28.4 Å². The highest BCUT2D eigenvalue weighted by Gasteiger charge is 2.20. The molecule has 0 radical (unpaired) electrons. The molecule has 0 aliphatic heterocycles. The topological polar surface area (TPSA) is 78.4 Å². The molecule has 2 aromatic carbocycles. The Balaban J connectivity index is 2.07. The minimum absolute atomic E-state index is 0.237. The van der Waals surface area contributed by atoms with Gasteiger partial charge in [-0.3, -0.25) is 4.79 Å². The summed E-state index contributed by atoms with van der Waals surface area (Å²) in [5, 5.41) is 15.1. The van der Waals surface area contributed by atoms with Crippen LogP contribution in [0.2, 0.25) is 5.02 Å². The van der Waals surface area contributed by atoms with Crippen LogP contribution in [0.15, 0.2) is 60.8 Å². The van der Waals surface area contributed by atoms with Crippen molar-refractivity contribution >= 4 is 35.2 Å². The number of allylic oxidation sites excluding steroid dienone is 2. The van der Waals surface area contributed by atoms with Gasteiger partial charge in [0, 0.05) is 11.4 Å². The lowest BCUT2D eigenvalue weighted by atomic mass is 10.1. The van der Waals surface area contributed by atoms with Gasteiger partial charge in [-0.1, -0.05) is 54.3 Å². The number of benzene rings is 2. The second kappa shape index (κ2) is 10.2. The SMILES string of the molecule is C=C(C)Nc1ccc(/C=C/C#CC(NC(=O)c2c(C)cccc2Cl)C(=O)O)cc1. The third-order valence-corrected chi connectivity index (χ3v) is 4.14. The molecular weight excluding hydrogens is 388 g/mol. The second-order valence-electron chi connectivity index (χ2n) is 6.33. The molecule has 0 aliphatic rings. The average molecular weight is 409 g/mol. The molecule has 2 aromatic rings. The summed E-state index contributed by atoms with van der Waals surface area (Å²) in [6, 6.07) is 11.2. The molecule has 0 aliphatic carbocycles. The Morgan fingerprint density at radius 1 is 1.21 bits per heavy atom. The van der Waals surface area contributed by atoms with Gasteiger partial charge in [-0.2, -0.15) is 0 Å². The molecular formula is C23H21ClN2O3. The van der Waals surface area contributed by atoms with E-state index in [0.29, 0.717) is 5.56 Å². The fraction of sp³-hybridized carbons (Fsp3) is 0.130. The van der Waals surface area contributed by atoms with Crippen molar-refractivity contribution in [3.8, 4) is 11.8 Å². The Morgan fingerprint density at radius 2 is 1.90 bits per heavy atom. The maximum absolute atomic E-state index is 12.4. The number of carboxylic acid groups (broad SMARTS) is 1. The van der Waals surface area contributed by atoms with E-state index in [2.05, 4.69) is 29.1 Å². The van der Waals surface area contributed by atoms with Gasteiger partial charge < -0.3 is 15.7 Å². The third-order valence-electron chi connectivity index (χ3n) is 3.83. The number of carbonyl (C=O) groups is 2. The second-order valence-corrected chi connectivity index (χ2v) is 6.73. The van der Waals surface area contributed by atoms with Crippen molar-refractivity contribution in [3.63, 3.8) is 0 Å². The summed E-state index contributed by atoms with van der Waals surface area (Å²) in [7, 11) is 0. The smallest absolute Gasteiger partial charge is 0.338 e. The molecule has 2 rings (SSSR count). The molecule has 148 valence electrons. The summed E-state index contributed by atoms with van der Waals surface area (Å²) in [6.45, 7) is 7.38. The molecule has 0 saturated heterocycles. The molecule has 6 heteroatoms. The fourth-order valence-electron chi connectivity index (χ4n) is 2.48. The predicted octanol–water partition coefficient (Wildman–Crippen LogP) is 4.49. The van der Waals surface area contributed by atoms with Gasteiger partial charge >= 0.3 is 5.97 Å². The maximum atomic E-state index is 12.4. The van der Waals surface area contributed by atoms with Crippen molar-refractivity contribution in [2.75, 3.05) is 5.32 Å². The standard InChI is InChI=1S/C23H21ClN2O3/c1-15(2)25-18-13-11-17(12-14-18)8-4-5-10-20(23(28)29)26-22(27)21-16(3)7-6-9-19(21)24/h4,6-9,11-14,20,25H,1H2,2-3H3,(H,26,27)(H,28,29)/b8-4+. The van der Waals surface area contributed by atoms with E-state index in [9.17, 15) is 14.7 Å². The fourth-order valence-corrected chi connectivity index (χ4v) is 2.78. The van der Waals surface area contributed by atoms with E-state index < -0.39 is 17.9 Å². The summed E-state index contributed by atoms with van der Waals surface area (Å²) in [4.78, 5) is 23.8. The highest BCUT2D eigenvalue weighted by atomic mass is 35.5. The summed E-state index contributed by atoms with van der Waals surface area (Å²) in [5.74, 6) is 3.36. The quantitative estimate of drug-likeness (QED) is 0.615. The zero-order valence-corrected chi connectivity index (χ0v) is 16.9. The number of carbonyl (C=O) groups excluding carboxylic acids is 1. The number of aliphatic carboxylic acids is 1.